The summed E-state index contributed by atoms with van der Waals surface area (Å²) < 4.78 is 26.6. The van der Waals surface area contributed by atoms with Crippen LogP contribution in [0.25, 0.3) is 0 Å². The molecule has 0 aromatic heterocycles. The van der Waals surface area contributed by atoms with Crippen LogP contribution in [0.4, 0.5) is 8.78 Å². The van der Waals surface area contributed by atoms with Crippen LogP contribution >= 0.6 is 0 Å². The number of likely N-dealkylation sites (tertiary alicyclic amines) is 1. The van der Waals surface area contributed by atoms with E-state index in [9.17, 15) is 13.6 Å². The molecule has 0 N–H and O–H groups in total. The van der Waals surface area contributed by atoms with Crippen molar-refractivity contribution in [1.82, 2.24) is 9.80 Å². The van der Waals surface area contributed by atoms with Crippen LogP contribution in [0.5, 0.6) is 0 Å². The van der Waals surface area contributed by atoms with E-state index in [-0.39, 0.29) is 23.4 Å². The minimum atomic E-state index is -0.725. The Balaban J connectivity index is 2.14. The highest BCUT2D eigenvalue weighted by molar-refractivity contribution is 5.94. The minimum absolute atomic E-state index is 0.0249. The van der Waals surface area contributed by atoms with Crippen molar-refractivity contribution in [2.45, 2.75) is 32.7 Å². The number of hydrogen-bond acceptors (Lipinski definition) is 2. The first-order chi connectivity index (χ1) is 10.4. The van der Waals surface area contributed by atoms with Gasteiger partial charge in [-0.15, -0.1) is 0 Å². The summed E-state index contributed by atoms with van der Waals surface area (Å²) in [5.74, 6) is -1.51. The van der Waals surface area contributed by atoms with Gasteiger partial charge in [0.25, 0.3) is 5.91 Å². The number of benzene rings is 1. The van der Waals surface area contributed by atoms with E-state index in [1.807, 2.05) is 0 Å². The fraction of sp³-hybridized carbons (Fsp3) is 0.588. The van der Waals surface area contributed by atoms with Gasteiger partial charge in [0.2, 0.25) is 0 Å². The fourth-order valence-corrected chi connectivity index (χ4v) is 3.04. The van der Waals surface area contributed by atoms with Crippen molar-refractivity contribution in [2.24, 2.45) is 5.92 Å². The van der Waals surface area contributed by atoms with Gasteiger partial charge in [-0.3, -0.25) is 4.79 Å². The molecule has 1 aromatic carbocycles. The number of likely N-dealkylation sites (N-methyl/N-ethyl adjacent to an activating group) is 1. The quantitative estimate of drug-likeness (QED) is 0.834. The molecule has 22 heavy (non-hydrogen) atoms. The van der Waals surface area contributed by atoms with Gasteiger partial charge in [-0.2, -0.15) is 0 Å². The standard InChI is InChI=1S/C17H24F2N2O/c1-12(2)16(11-21-6-4-5-7-21)20(3)17(22)13-8-14(18)10-15(19)9-13/h8-10,12,16H,4-7,11H2,1-3H3/t16-/m1/s1. The molecule has 1 aliphatic rings. The monoisotopic (exact) mass is 310 g/mol. The molecule has 0 aliphatic carbocycles. The summed E-state index contributed by atoms with van der Waals surface area (Å²) in [6.45, 7) is 7.05. The molecule has 0 spiro atoms. The van der Waals surface area contributed by atoms with Crippen LogP contribution in [-0.2, 0) is 0 Å². The molecule has 0 radical (unpaired) electrons. The normalized spacial score (nSPS) is 17.0. The molecule has 0 bridgehead atoms. The molecule has 0 saturated carbocycles. The average Bonchev–Trinajstić information content (AvgIpc) is 2.95. The maximum absolute atomic E-state index is 13.3. The third-order valence-electron chi connectivity index (χ3n) is 4.34. The molecule has 5 heteroatoms. The molecule has 0 unspecified atom stereocenters. The summed E-state index contributed by atoms with van der Waals surface area (Å²) in [6, 6.07) is 2.99. The summed E-state index contributed by atoms with van der Waals surface area (Å²) in [5, 5.41) is 0. The van der Waals surface area contributed by atoms with Crippen molar-refractivity contribution in [1.29, 1.82) is 0 Å². The van der Waals surface area contributed by atoms with Crippen molar-refractivity contribution >= 4 is 5.91 Å². The van der Waals surface area contributed by atoms with Crippen molar-refractivity contribution in [2.75, 3.05) is 26.7 Å². The number of carbonyl (C=O) groups excluding carboxylic acids is 1. The van der Waals surface area contributed by atoms with Crippen LogP contribution in [-0.4, -0.2) is 48.4 Å². The van der Waals surface area contributed by atoms with Crippen LogP contribution in [0.2, 0.25) is 0 Å². The van der Waals surface area contributed by atoms with Gasteiger partial charge < -0.3 is 9.80 Å². The second-order valence-corrected chi connectivity index (χ2v) is 6.39. The lowest BCUT2D eigenvalue weighted by Gasteiger charge is -2.34. The molecule has 1 heterocycles. The van der Waals surface area contributed by atoms with E-state index in [1.165, 1.54) is 12.8 Å². The Hall–Kier alpha value is -1.49. The minimum Gasteiger partial charge on any atom is -0.337 e. The number of nitrogens with zero attached hydrogens (tertiary/aromatic N) is 2. The van der Waals surface area contributed by atoms with E-state index in [0.29, 0.717) is 0 Å². The zero-order chi connectivity index (χ0) is 16.3. The Labute approximate surface area is 130 Å². The van der Waals surface area contributed by atoms with Crippen molar-refractivity contribution in [3.8, 4) is 0 Å². The van der Waals surface area contributed by atoms with E-state index in [2.05, 4.69) is 18.7 Å². The fourth-order valence-electron chi connectivity index (χ4n) is 3.04. The molecule has 122 valence electrons. The van der Waals surface area contributed by atoms with Crippen molar-refractivity contribution in [3.63, 3.8) is 0 Å². The molecule has 2 rings (SSSR count). The van der Waals surface area contributed by atoms with Crippen molar-refractivity contribution in [3.05, 3.63) is 35.4 Å². The number of carbonyl (C=O) groups is 1. The third kappa shape index (κ3) is 4.03. The molecule has 1 aromatic rings. The zero-order valence-electron chi connectivity index (χ0n) is 13.5. The highest BCUT2D eigenvalue weighted by atomic mass is 19.1. The maximum atomic E-state index is 13.3. The highest BCUT2D eigenvalue weighted by Crippen LogP contribution is 2.18. The van der Waals surface area contributed by atoms with E-state index in [1.54, 1.807) is 11.9 Å². The summed E-state index contributed by atoms with van der Waals surface area (Å²) in [5.41, 5.74) is 0.0621. The van der Waals surface area contributed by atoms with Gasteiger partial charge in [0.05, 0.1) is 0 Å². The Bertz CT molecular complexity index is 507. The van der Waals surface area contributed by atoms with Gasteiger partial charge in [0.15, 0.2) is 0 Å². The van der Waals surface area contributed by atoms with Gasteiger partial charge in [-0.05, 0) is 44.0 Å². The molecule has 1 aliphatic heterocycles. The summed E-state index contributed by atoms with van der Waals surface area (Å²) in [4.78, 5) is 16.5. The first-order valence-electron chi connectivity index (χ1n) is 7.84. The topological polar surface area (TPSA) is 23.6 Å². The van der Waals surface area contributed by atoms with Gasteiger partial charge in [0.1, 0.15) is 11.6 Å². The Morgan fingerprint density at radius 2 is 1.73 bits per heavy atom. The van der Waals surface area contributed by atoms with Gasteiger partial charge in [-0.25, -0.2) is 8.78 Å². The Morgan fingerprint density at radius 3 is 2.23 bits per heavy atom. The van der Waals surface area contributed by atoms with Crippen LogP contribution in [0.15, 0.2) is 18.2 Å². The number of amides is 1. The van der Waals surface area contributed by atoms with E-state index in [4.69, 9.17) is 0 Å². The maximum Gasteiger partial charge on any atom is 0.254 e. The van der Waals surface area contributed by atoms with Crippen LogP contribution in [0.1, 0.15) is 37.0 Å². The summed E-state index contributed by atoms with van der Waals surface area (Å²) in [6.07, 6.45) is 2.38. The lowest BCUT2D eigenvalue weighted by Crippen LogP contribution is -2.47. The molecular weight excluding hydrogens is 286 g/mol. The van der Waals surface area contributed by atoms with Gasteiger partial charge in [0, 0.05) is 31.3 Å². The lowest BCUT2D eigenvalue weighted by atomic mass is 10.0. The number of halogens is 2. The number of rotatable bonds is 5. The van der Waals surface area contributed by atoms with Crippen LogP contribution in [0, 0.1) is 17.6 Å². The largest absolute Gasteiger partial charge is 0.337 e. The van der Waals surface area contributed by atoms with Gasteiger partial charge >= 0.3 is 0 Å². The molecule has 1 amide bonds. The van der Waals surface area contributed by atoms with Crippen LogP contribution < -0.4 is 0 Å². The second kappa shape index (κ2) is 7.18. The van der Waals surface area contributed by atoms with Crippen LogP contribution in [0.3, 0.4) is 0 Å². The predicted molar refractivity (Wildman–Crippen MR) is 82.8 cm³/mol. The van der Waals surface area contributed by atoms with Gasteiger partial charge in [-0.1, -0.05) is 13.8 Å². The first kappa shape index (κ1) is 16.9. The zero-order valence-corrected chi connectivity index (χ0v) is 13.5. The Morgan fingerprint density at radius 1 is 1.18 bits per heavy atom. The van der Waals surface area contributed by atoms with E-state index < -0.39 is 11.6 Å². The predicted octanol–water partition coefficient (Wildman–Crippen LogP) is 3.16. The van der Waals surface area contributed by atoms with E-state index in [0.717, 1.165) is 37.8 Å². The highest BCUT2D eigenvalue weighted by Gasteiger charge is 2.27. The van der Waals surface area contributed by atoms with E-state index >= 15 is 0 Å². The van der Waals surface area contributed by atoms with Crippen molar-refractivity contribution < 1.29 is 13.6 Å². The molecule has 3 nitrogen and oxygen atoms in total. The second-order valence-electron chi connectivity index (χ2n) is 6.39. The Kier molecular flexibility index (Phi) is 5.51. The summed E-state index contributed by atoms with van der Waals surface area (Å²) in [7, 11) is 1.71. The molecule has 1 fully saturated rings. The third-order valence-corrected chi connectivity index (χ3v) is 4.34. The first-order valence-corrected chi connectivity index (χ1v) is 7.84. The summed E-state index contributed by atoms with van der Waals surface area (Å²) >= 11 is 0. The molecule has 1 saturated heterocycles. The smallest absolute Gasteiger partial charge is 0.254 e. The molecular formula is C17H24F2N2O. The number of hydrogen-bond donors (Lipinski definition) is 0. The lowest BCUT2D eigenvalue weighted by molar-refractivity contribution is 0.0640. The SMILES string of the molecule is CC(C)[C@@H](CN1CCCC1)N(C)C(=O)c1cc(F)cc(F)c1. The molecule has 1 atom stereocenters. The average molecular weight is 310 g/mol.